The fraction of sp³-hybridized carbons (Fsp3) is 0.560. The lowest BCUT2D eigenvalue weighted by Crippen LogP contribution is -2.40. The Labute approximate surface area is 190 Å². The van der Waals surface area contributed by atoms with Crippen molar-refractivity contribution in [3.05, 3.63) is 53.5 Å². The minimum atomic E-state index is 0.0204. The number of hydrogen-bond acceptors (Lipinski definition) is 6. The molecule has 2 aromatic rings. The lowest BCUT2D eigenvalue weighted by atomic mass is 9.97. The van der Waals surface area contributed by atoms with Crippen LogP contribution in [-0.4, -0.2) is 70.6 Å². The van der Waals surface area contributed by atoms with Crippen LogP contribution in [0.3, 0.4) is 0 Å². The van der Waals surface area contributed by atoms with Crippen LogP contribution in [-0.2, 0) is 17.7 Å². The number of likely N-dealkylation sites (tertiary alicyclic amines) is 1. The first-order chi connectivity index (χ1) is 15.8. The molecular formula is C25H33N5O2. The van der Waals surface area contributed by atoms with Gasteiger partial charge in [-0.1, -0.05) is 24.3 Å². The zero-order valence-electron chi connectivity index (χ0n) is 18.7. The van der Waals surface area contributed by atoms with Crippen LogP contribution in [0.1, 0.15) is 53.7 Å². The predicted molar refractivity (Wildman–Crippen MR) is 124 cm³/mol. The highest BCUT2D eigenvalue weighted by atomic mass is 16.5. The van der Waals surface area contributed by atoms with Gasteiger partial charge in [0.2, 0.25) is 0 Å². The normalized spacial score (nSPS) is 22.8. The van der Waals surface area contributed by atoms with Crippen LogP contribution in [0.5, 0.6) is 0 Å². The first-order valence-electron chi connectivity index (χ1n) is 12.0. The van der Waals surface area contributed by atoms with Crippen LogP contribution in [0.25, 0.3) is 0 Å². The Morgan fingerprint density at radius 2 is 1.84 bits per heavy atom. The fourth-order valence-electron chi connectivity index (χ4n) is 5.24. The molecule has 1 aromatic heterocycles. The second-order valence-electron chi connectivity index (χ2n) is 9.19. The lowest BCUT2D eigenvalue weighted by molar-refractivity contribution is 0.0749. The molecule has 5 rings (SSSR count). The first kappa shape index (κ1) is 21.3. The van der Waals surface area contributed by atoms with Crippen molar-refractivity contribution in [1.82, 2.24) is 19.8 Å². The third-order valence-corrected chi connectivity index (χ3v) is 7.12. The van der Waals surface area contributed by atoms with Crippen LogP contribution in [0, 0.1) is 0 Å². The molecule has 170 valence electrons. The zero-order valence-corrected chi connectivity index (χ0v) is 18.7. The minimum Gasteiger partial charge on any atom is -0.381 e. The van der Waals surface area contributed by atoms with Gasteiger partial charge in [-0.05, 0) is 49.7 Å². The third kappa shape index (κ3) is 4.94. The summed E-state index contributed by atoms with van der Waals surface area (Å²) in [5.41, 5.74) is 3.43. The number of nitrogens with zero attached hydrogens (tertiary/aromatic N) is 4. The fourth-order valence-corrected chi connectivity index (χ4v) is 5.24. The van der Waals surface area contributed by atoms with E-state index in [0.29, 0.717) is 17.8 Å². The van der Waals surface area contributed by atoms with Crippen LogP contribution in [0.4, 0.5) is 5.82 Å². The average Bonchev–Trinajstić information content (AvgIpc) is 3.10. The third-order valence-electron chi connectivity index (χ3n) is 7.12. The Balaban J connectivity index is 1.19. The van der Waals surface area contributed by atoms with Crippen molar-refractivity contribution in [3.63, 3.8) is 0 Å². The van der Waals surface area contributed by atoms with Gasteiger partial charge in [0.1, 0.15) is 17.8 Å². The minimum absolute atomic E-state index is 0.0204. The Hall–Kier alpha value is -2.51. The zero-order chi connectivity index (χ0) is 21.8. The number of carbonyl (C=O) groups is 1. The smallest absolute Gasteiger partial charge is 0.272 e. The SMILES string of the molecule is O=C(c1cc(NC2CCOCC2)ncn1)N1CCC[C@@H](N2CCc3ccccc3C2)CC1. The van der Waals surface area contributed by atoms with E-state index < -0.39 is 0 Å². The molecule has 1 aromatic carbocycles. The number of nitrogens with one attached hydrogen (secondary N) is 1. The maximum Gasteiger partial charge on any atom is 0.272 e. The van der Waals surface area contributed by atoms with E-state index in [1.165, 1.54) is 17.5 Å². The number of rotatable bonds is 4. The van der Waals surface area contributed by atoms with E-state index in [0.717, 1.165) is 83.7 Å². The van der Waals surface area contributed by atoms with Gasteiger partial charge in [0.15, 0.2) is 0 Å². The van der Waals surface area contributed by atoms with Crippen molar-refractivity contribution in [2.45, 2.75) is 57.2 Å². The van der Waals surface area contributed by atoms with Crippen LogP contribution in [0.15, 0.2) is 36.7 Å². The maximum absolute atomic E-state index is 13.2. The number of fused-ring (bicyclic) bond motifs is 1. The molecular weight excluding hydrogens is 402 g/mol. The Kier molecular flexibility index (Phi) is 6.64. The van der Waals surface area contributed by atoms with Crippen molar-refractivity contribution < 1.29 is 9.53 Å². The summed E-state index contributed by atoms with van der Waals surface area (Å²) in [5, 5.41) is 3.44. The van der Waals surface area contributed by atoms with Crippen molar-refractivity contribution >= 4 is 11.7 Å². The van der Waals surface area contributed by atoms with Crippen molar-refractivity contribution in [1.29, 1.82) is 0 Å². The highest BCUT2D eigenvalue weighted by molar-refractivity contribution is 5.92. The monoisotopic (exact) mass is 435 g/mol. The molecule has 0 saturated carbocycles. The Morgan fingerprint density at radius 3 is 2.72 bits per heavy atom. The summed E-state index contributed by atoms with van der Waals surface area (Å²) in [6, 6.07) is 11.5. The molecule has 2 saturated heterocycles. The molecule has 1 N–H and O–H groups in total. The van der Waals surface area contributed by atoms with Crippen LogP contribution in [0.2, 0.25) is 0 Å². The number of anilines is 1. The molecule has 2 fully saturated rings. The van der Waals surface area contributed by atoms with Crippen molar-refractivity contribution in [2.75, 3.05) is 38.2 Å². The predicted octanol–water partition coefficient (Wildman–Crippen LogP) is 3.12. The van der Waals surface area contributed by atoms with Gasteiger partial charge in [0.05, 0.1) is 0 Å². The molecule has 0 bridgehead atoms. The van der Waals surface area contributed by atoms with E-state index in [-0.39, 0.29) is 5.91 Å². The molecule has 7 heteroatoms. The molecule has 0 unspecified atom stereocenters. The molecule has 3 aliphatic heterocycles. The van der Waals surface area contributed by atoms with E-state index in [2.05, 4.69) is 44.5 Å². The summed E-state index contributed by atoms with van der Waals surface area (Å²) in [6.45, 7) is 5.27. The second-order valence-corrected chi connectivity index (χ2v) is 9.19. The maximum atomic E-state index is 13.2. The summed E-state index contributed by atoms with van der Waals surface area (Å²) in [5.74, 6) is 0.752. The van der Waals surface area contributed by atoms with Gasteiger partial charge < -0.3 is 15.0 Å². The summed E-state index contributed by atoms with van der Waals surface area (Å²) in [4.78, 5) is 26.4. The van der Waals surface area contributed by atoms with Gasteiger partial charge in [-0.3, -0.25) is 9.69 Å². The van der Waals surface area contributed by atoms with Gasteiger partial charge >= 0.3 is 0 Å². The summed E-state index contributed by atoms with van der Waals surface area (Å²) in [6.07, 6.45) is 7.74. The molecule has 4 heterocycles. The van der Waals surface area contributed by atoms with Crippen LogP contribution < -0.4 is 5.32 Å². The standard InChI is InChI=1S/C25H33N5O2/c31-25(23-16-24(27-18-26-23)28-21-9-14-32-15-10-21)29-11-3-6-22(8-13-29)30-12-7-19-4-1-2-5-20(19)17-30/h1-2,4-5,16,18,21-22H,3,6-15,17H2,(H,26,27,28)/t22-/m1/s1. The first-order valence-corrected chi connectivity index (χ1v) is 12.0. The van der Waals surface area contributed by atoms with E-state index in [4.69, 9.17) is 4.74 Å². The average molecular weight is 436 g/mol. The molecule has 32 heavy (non-hydrogen) atoms. The van der Waals surface area contributed by atoms with E-state index >= 15 is 0 Å². The van der Waals surface area contributed by atoms with Gasteiger partial charge in [0.25, 0.3) is 5.91 Å². The van der Waals surface area contributed by atoms with Crippen molar-refractivity contribution in [2.24, 2.45) is 0 Å². The molecule has 3 aliphatic rings. The van der Waals surface area contributed by atoms with Crippen LogP contribution >= 0.6 is 0 Å². The molecule has 1 atom stereocenters. The molecule has 0 radical (unpaired) electrons. The Morgan fingerprint density at radius 1 is 1.00 bits per heavy atom. The van der Waals surface area contributed by atoms with Gasteiger partial charge in [0, 0.05) is 57.5 Å². The van der Waals surface area contributed by atoms with Crippen molar-refractivity contribution in [3.8, 4) is 0 Å². The number of carbonyl (C=O) groups excluding carboxylic acids is 1. The second kappa shape index (κ2) is 9.96. The van der Waals surface area contributed by atoms with E-state index in [1.54, 1.807) is 0 Å². The molecule has 0 spiro atoms. The van der Waals surface area contributed by atoms with E-state index in [9.17, 15) is 4.79 Å². The number of benzene rings is 1. The highest BCUT2D eigenvalue weighted by Gasteiger charge is 2.28. The number of ether oxygens (including phenoxy) is 1. The lowest BCUT2D eigenvalue weighted by Gasteiger charge is -2.35. The van der Waals surface area contributed by atoms with E-state index in [1.807, 2.05) is 11.0 Å². The van der Waals surface area contributed by atoms with Gasteiger partial charge in [-0.25, -0.2) is 9.97 Å². The number of hydrogen-bond donors (Lipinski definition) is 1. The molecule has 1 amide bonds. The summed E-state index contributed by atoms with van der Waals surface area (Å²) < 4.78 is 5.42. The number of amides is 1. The summed E-state index contributed by atoms with van der Waals surface area (Å²) >= 11 is 0. The molecule has 0 aliphatic carbocycles. The molecule has 7 nitrogen and oxygen atoms in total. The largest absolute Gasteiger partial charge is 0.381 e. The van der Waals surface area contributed by atoms with Gasteiger partial charge in [-0.2, -0.15) is 0 Å². The summed E-state index contributed by atoms with van der Waals surface area (Å²) in [7, 11) is 0. The van der Waals surface area contributed by atoms with Gasteiger partial charge in [-0.15, -0.1) is 0 Å². The topological polar surface area (TPSA) is 70.6 Å². The quantitative estimate of drug-likeness (QED) is 0.796. The number of aromatic nitrogens is 2. The Bertz CT molecular complexity index is 930. The highest BCUT2D eigenvalue weighted by Crippen LogP contribution is 2.25.